The average molecular weight is 531 g/mol. The second-order valence-corrected chi connectivity index (χ2v) is 11.3. The molecule has 9 rings (SSSR count). The fourth-order valence-corrected chi connectivity index (χ4v) is 7.08. The van der Waals surface area contributed by atoms with Crippen LogP contribution < -0.4 is 0 Å². The molecule has 0 N–H and O–H groups in total. The predicted molar refractivity (Wildman–Crippen MR) is 182 cm³/mol. The summed E-state index contributed by atoms with van der Waals surface area (Å²) in [6, 6.07) is 58.2. The van der Waals surface area contributed by atoms with Crippen molar-refractivity contribution in [2.45, 2.75) is 0 Å². The second kappa shape index (κ2) is 9.03. The molecule has 42 heavy (non-hydrogen) atoms. The van der Waals surface area contributed by atoms with Crippen LogP contribution in [0.2, 0.25) is 0 Å². The first-order valence-corrected chi connectivity index (χ1v) is 14.6. The van der Waals surface area contributed by atoms with Crippen molar-refractivity contribution in [3.05, 3.63) is 158 Å². The highest BCUT2D eigenvalue weighted by Gasteiger charge is 2.17. The van der Waals surface area contributed by atoms with Gasteiger partial charge in [0.15, 0.2) is 0 Å². The molecule has 0 heterocycles. The van der Waals surface area contributed by atoms with Gasteiger partial charge in [0.1, 0.15) is 0 Å². The summed E-state index contributed by atoms with van der Waals surface area (Å²) in [5.74, 6) is 0. The molecule has 0 aliphatic rings. The Morgan fingerprint density at radius 1 is 0.238 bits per heavy atom. The van der Waals surface area contributed by atoms with E-state index in [1.165, 1.54) is 86.9 Å². The Morgan fingerprint density at radius 2 is 0.833 bits per heavy atom. The first-order chi connectivity index (χ1) is 20.8. The van der Waals surface area contributed by atoms with Crippen LogP contribution in [0.5, 0.6) is 0 Å². The van der Waals surface area contributed by atoms with Crippen LogP contribution in [0.3, 0.4) is 0 Å². The molecule has 0 spiro atoms. The van der Waals surface area contributed by atoms with Crippen LogP contribution in [0.4, 0.5) is 0 Å². The minimum atomic E-state index is 1.25. The summed E-state index contributed by atoms with van der Waals surface area (Å²) in [6.45, 7) is 0. The van der Waals surface area contributed by atoms with Gasteiger partial charge in [-0.2, -0.15) is 0 Å². The van der Waals surface area contributed by atoms with Crippen LogP contribution in [0.25, 0.3) is 86.9 Å². The van der Waals surface area contributed by atoms with Gasteiger partial charge in [-0.25, -0.2) is 0 Å². The molecule has 0 saturated carbocycles. The molecule has 9 aromatic carbocycles. The molecule has 0 radical (unpaired) electrons. The summed E-state index contributed by atoms with van der Waals surface area (Å²) in [4.78, 5) is 0. The molecule has 0 nitrogen and oxygen atoms in total. The van der Waals surface area contributed by atoms with E-state index in [0.29, 0.717) is 0 Å². The highest BCUT2D eigenvalue weighted by molar-refractivity contribution is 6.30. The SMILES string of the molecule is c1ccc2cc(-c3cc4cc(-c5cccc6ccccc56)c5c6ccccc6ccc5c4c4ccccc34)ccc2c1. The first kappa shape index (κ1) is 23.3. The lowest BCUT2D eigenvalue weighted by Gasteiger charge is -2.18. The van der Waals surface area contributed by atoms with Gasteiger partial charge < -0.3 is 0 Å². The zero-order chi connectivity index (χ0) is 27.6. The highest BCUT2D eigenvalue weighted by Crippen LogP contribution is 2.45. The van der Waals surface area contributed by atoms with Gasteiger partial charge in [0, 0.05) is 0 Å². The molecule has 0 unspecified atom stereocenters. The molecule has 0 aliphatic heterocycles. The first-order valence-electron chi connectivity index (χ1n) is 14.6. The maximum absolute atomic E-state index is 2.45. The number of hydrogen-bond donors (Lipinski definition) is 0. The van der Waals surface area contributed by atoms with Gasteiger partial charge in [-0.3, -0.25) is 0 Å². The Hall–Kier alpha value is -5.46. The maximum atomic E-state index is 2.45. The van der Waals surface area contributed by atoms with E-state index in [1.807, 2.05) is 0 Å². The van der Waals surface area contributed by atoms with Gasteiger partial charge in [-0.1, -0.05) is 140 Å². The van der Waals surface area contributed by atoms with Gasteiger partial charge in [-0.05, 0) is 105 Å². The molecule has 0 aromatic heterocycles. The van der Waals surface area contributed by atoms with E-state index in [-0.39, 0.29) is 0 Å². The lowest BCUT2D eigenvalue weighted by Crippen LogP contribution is -1.91. The van der Waals surface area contributed by atoms with E-state index in [2.05, 4.69) is 158 Å². The summed E-state index contributed by atoms with van der Waals surface area (Å²) in [6.07, 6.45) is 0. The van der Waals surface area contributed by atoms with Gasteiger partial charge in [0.05, 0.1) is 0 Å². The average Bonchev–Trinajstić information content (AvgIpc) is 3.06. The summed E-state index contributed by atoms with van der Waals surface area (Å²) in [5, 5.41) is 15.4. The standard InChI is InChI=1S/C42H26/c1-2-13-30-24-31(21-20-27(30)10-1)39-25-32-26-40(35-19-9-14-28-11-3-5-15-33(28)35)42-34-16-6-4-12-29(34)22-23-38(42)41(32)37-18-8-7-17-36(37)39/h1-26H. The van der Waals surface area contributed by atoms with Crippen molar-refractivity contribution in [3.63, 3.8) is 0 Å². The Bertz CT molecular complexity index is 2510. The summed E-state index contributed by atoms with van der Waals surface area (Å²) >= 11 is 0. The van der Waals surface area contributed by atoms with E-state index in [4.69, 9.17) is 0 Å². The number of rotatable bonds is 2. The van der Waals surface area contributed by atoms with Crippen LogP contribution in [0.1, 0.15) is 0 Å². The summed E-state index contributed by atoms with van der Waals surface area (Å²) in [7, 11) is 0. The lowest BCUT2D eigenvalue weighted by molar-refractivity contribution is 1.69. The van der Waals surface area contributed by atoms with E-state index < -0.39 is 0 Å². The molecular formula is C42H26. The highest BCUT2D eigenvalue weighted by atomic mass is 14.2. The maximum Gasteiger partial charge on any atom is -0.00199 e. The molecule has 194 valence electrons. The van der Waals surface area contributed by atoms with E-state index in [1.54, 1.807) is 0 Å². The third kappa shape index (κ3) is 3.42. The normalized spacial score (nSPS) is 11.8. The van der Waals surface area contributed by atoms with Gasteiger partial charge in [0.2, 0.25) is 0 Å². The van der Waals surface area contributed by atoms with Crippen molar-refractivity contribution in [1.82, 2.24) is 0 Å². The van der Waals surface area contributed by atoms with E-state index in [0.717, 1.165) is 0 Å². The minimum Gasteiger partial charge on any atom is -0.0616 e. The van der Waals surface area contributed by atoms with Crippen molar-refractivity contribution in [3.8, 4) is 22.3 Å². The Balaban J connectivity index is 1.48. The largest absolute Gasteiger partial charge is 0.0616 e. The molecule has 9 aromatic rings. The third-order valence-electron chi connectivity index (χ3n) is 8.98. The van der Waals surface area contributed by atoms with Crippen LogP contribution >= 0.6 is 0 Å². The second-order valence-electron chi connectivity index (χ2n) is 11.3. The Kier molecular flexibility index (Phi) is 5.00. The number of hydrogen-bond acceptors (Lipinski definition) is 0. The van der Waals surface area contributed by atoms with Gasteiger partial charge >= 0.3 is 0 Å². The topological polar surface area (TPSA) is 0 Å². The van der Waals surface area contributed by atoms with Gasteiger partial charge in [-0.15, -0.1) is 0 Å². The van der Waals surface area contributed by atoms with Crippen LogP contribution in [0.15, 0.2) is 158 Å². The molecule has 0 amide bonds. The van der Waals surface area contributed by atoms with Crippen molar-refractivity contribution >= 4 is 64.6 Å². The van der Waals surface area contributed by atoms with Gasteiger partial charge in [0.25, 0.3) is 0 Å². The Labute approximate surface area is 244 Å². The number of fused-ring (bicyclic) bond motifs is 9. The van der Waals surface area contributed by atoms with Crippen molar-refractivity contribution in [2.75, 3.05) is 0 Å². The third-order valence-corrected chi connectivity index (χ3v) is 8.98. The fraction of sp³-hybridized carbons (Fsp3) is 0. The van der Waals surface area contributed by atoms with Crippen molar-refractivity contribution in [2.24, 2.45) is 0 Å². The zero-order valence-corrected chi connectivity index (χ0v) is 23.0. The van der Waals surface area contributed by atoms with Crippen LogP contribution in [-0.4, -0.2) is 0 Å². The molecular weight excluding hydrogens is 504 g/mol. The van der Waals surface area contributed by atoms with E-state index >= 15 is 0 Å². The zero-order valence-electron chi connectivity index (χ0n) is 23.0. The molecule has 0 saturated heterocycles. The summed E-state index contributed by atoms with van der Waals surface area (Å²) in [5.41, 5.74) is 5.08. The fourth-order valence-electron chi connectivity index (χ4n) is 7.08. The van der Waals surface area contributed by atoms with Crippen LogP contribution in [-0.2, 0) is 0 Å². The minimum absolute atomic E-state index is 1.25. The molecule has 0 fully saturated rings. The predicted octanol–water partition coefficient (Wildman–Crippen LogP) is 11.9. The quantitative estimate of drug-likeness (QED) is 0.195. The smallest absolute Gasteiger partial charge is 0.00199 e. The molecule has 0 aliphatic carbocycles. The van der Waals surface area contributed by atoms with E-state index in [9.17, 15) is 0 Å². The lowest BCUT2D eigenvalue weighted by atomic mass is 9.85. The monoisotopic (exact) mass is 530 g/mol. The Morgan fingerprint density at radius 3 is 1.67 bits per heavy atom. The van der Waals surface area contributed by atoms with Crippen molar-refractivity contribution < 1.29 is 0 Å². The molecule has 0 atom stereocenters. The molecule has 0 heteroatoms. The van der Waals surface area contributed by atoms with Crippen LogP contribution in [0, 0.1) is 0 Å². The molecule has 0 bridgehead atoms. The van der Waals surface area contributed by atoms with Crippen molar-refractivity contribution in [1.29, 1.82) is 0 Å². The number of benzene rings is 9. The summed E-state index contributed by atoms with van der Waals surface area (Å²) < 4.78 is 0.